The van der Waals surface area contributed by atoms with Crippen LogP contribution in [-0.2, 0) is 0 Å². The van der Waals surface area contributed by atoms with Gasteiger partial charge in [-0.3, -0.25) is 15.0 Å². The van der Waals surface area contributed by atoms with Gasteiger partial charge in [0.05, 0.1) is 4.92 Å². The van der Waals surface area contributed by atoms with E-state index in [1.165, 1.54) is 0 Å². The molecule has 0 atom stereocenters. The van der Waals surface area contributed by atoms with Gasteiger partial charge in [0.2, 0.25) is 11.8 Å². The number of hydrogen-bond acceptors (Lipinski definition) is 7. The average molecular weight is 280 g/mol. The Hall–Kier alpha value is -1.96. The van der Waals surface area contributed by atoms with E-state index < -0.39 is 4.92 Å². The van der Waals surface area contributed by atoms with Gasteiger partial charge < -0.3 is 10.6 Å². The lowest BCUT2D eigenvalue weighted by atomic mass is 10.2. The molecular formula is C12H20N6O2. The molecule has 0 bridgehead atoms. The summed E-state index contributed by atoms with van der Waals surface area (Å²) in [5.74, 6) is 0.426. The highest BCUT2D eigenvalue weighted by Gasteiger charge is 2.28. The maximum absolute atomic E-state index is 11.2. The molecule has 0 aromatic carbocycles. The number of aromatic nitrogens is 2. The molecule has 20 heavy (non-hydrogen) atoms. The molecule has 0 aliphatic carbocycles. The molecular weight excluding hydrogens is 260 g/mol. The summed E-state index contributed by atoms with van der Waals surface area (Å²) in [6.45, 7) is 7.99. The smallest absolute Gasteiger partial charge is 0.332 e. The lowest BCUT2D eigenvalue weighted by Gasteiger charge is -2.34. The molecule has 0 saturated carbocycles. The quantitative estimate of drug-likeness (QED) is 0.643. The average Bonchev–Trinajstić information content (AvgIpc) is 2.38. The number of rotatable bonds is 4. The molecule has 1 fully saturated rings. The highest BCUT2D eigenvalue weighted by molar-refractivity contribution is 5.62. The van der Waals surface area contributed by atoms with Gasteiger partial charge >= 0.3 is 5.69 Å². The van der Waals surface area contributed by atoms with Crippen LogP contribution in [0, 0.1) is 17.0 Å². The van der Waals surface area contributed by atoms with E-state index in [9.17, 15) is 10.1 Å². The van der Waals surface area contributed by atoms with Crippen LogP contribution in [-0.4, -0.2) is 52.5 Å². The monoisotopic (exact) mass is 280 g/mol. The molecule has 1 aromatic rings. The number of nitro groups is 1. The van der Waals surface area contributed by atoms with Crippen molar-refractivity contribution in [3.63, 3.8) is 0 Å². The Morgan fingerprint density at radius 1 is 1.30 bits per heavy atom. The molecule has 0 spiro atoms. The second-order valence-electron chi connectivity index (χ2n) is 4.93. The van der Waals surface area contributed by atoms with Gasteiger partial charge in [0, 0.05) is 26.2 Å². The van der Waals surface area contributed by atoms with Crippen molar-refractivity contribution in [2.24, 2.45) is 0 Å². The fourth-order valence-corrected chi connectivity index (χ4v) is 2.51. The molecule has 110 valence electrons. The van der Waals surface area contributed by atoms with Crippen molar-refractivity contribution in [2.75, 3.05) is 43.4 Å². The zero-order valence-corrected chi connectivity index (χ0v) is 11.9. The largest absolute Gasteiger partial charge is 0.368 e. The van der Waals surface area contributed by atoms with Gasteiger partial charge in [0.25, 0.3) is 0 Å². The highest BCUT2D eigenvalue weighted by atomic mass is 16.6. The number of aryl methyl sites for hydroxylation is 1. The van der Waals surface area contributed by atoms with Crippen molar-refractivity contribution >= 4 is 17.5 Å². The predicted octanol–water partition coefficient (Wildman–Crippen LogP) is 0.807. The summed E-state index contributed by atoms with van der Waals surface area (Å²) in [5, 5.41) is 11.2. The molecule has 0 unspecified atom stereocenters. The summed E-state index contributed by atoms with van der Waals surface area (Å²) in [7, 11) is 0. The third-order valence-corrected chi connectivity index (χ3v) is 3.45. The van der Waals surface area contributed by atoms with E-state index in [-0.39, 0.29) is 11.6 Å². The predicted molar refractivity (Wildman–Crippen MR) is 76.8 cm³/mol. The van der Waals surface area contributed by atoms with E-state index >= 15 is 0 Å². The summed E-state index contributed by atoms with van der Waals surface area (Å²) >= 11 is 0. The van der Waals surface area contributed by atoms with E-state index in [0.29, 0.717) is 11.5 Å². The van der Waals surface area contributed by atoms with E-state index in [4.69, 9.17) is 5.73 Å². The molecule has 0 radical (unpaired) electrons. The van der Waals surface area contributed by atoms with Crippen LogP contribution in [0.15, 0.2) is 0 Å². The van der Waals surface area contributed by atoms with Gasteiger partial charge in [-0.05, 0) is 19.9 Å². The van der Waals surface area contributed by atoms with Crippen LogP contribution in [0.25, 0.3) is 0 Å². The summed E-state index contributed by atoms with van der Waals surface area (Å²) in [6, 6.07) is 0. The number of piperazine rings is 1. The van der Waals surface area contributed by atoms with Crippen LogP contribution >= 0.6 is 0 Å². The lowest BCUT2D eigenvalue weighted by Crippen LogP contribution is -2.47. The Morgan fingerprint density at radius 2 is 1.95 bits per heavy atom. The van der Waals surface area contributed by atoms with Crippen molar-refractivity contribution in [3.8, 4) is 0 Å². The third-order valence-electron chi connectivity index (χ3n) is 3.45. The summed E-state index contributed by atoms with van der Waals surface area (Å²) in [6.07, 6.45) is 1.11. The SMILES string of the molecule is CCCN1CCN(c2nc(N)nc(C)c2[N+](=O)[O-])CC1. The Balaban J connectivity index is 2.23. The van der Waals surface area contributed by atoms with Crippen LogP contribution in [0.4, 0.5) is 17.5 Å². The van der Waals surface area contributed by atoms with E-state index in [1.54, 1.807) is 6.92 Å². The van der Waals surface area contributed by atoms with E-state index in [0.717, 1.165) is 39.1 Å². The molecule has 8 heteroatoms. The minimum absolute atomic E-state index is 0.0388. The van der Waals surface area contributed by atoms with Gasteiger partial charge in [-0.2, -0.15) is 4.98 Å². The van der Waals surface area contributed by atoms with Crippen molar-refractivity contribution < 1.29 is 4.92 Å². The van der Waals surface area contributed by atoms with Gasteiger partial charge in [0.15, 0.2) is 0 Å². The Bertz CT molecular complexity index is 499. The molecule has 8 nitrogen and oxygen atoms in total. The van der Waals surface area contributed by atoms with Crippen molar-refractivity contribution in [1.29, 1.82) is 0 Å². The Kier molecular flexibility index (Phi) is 4.33. The first-order valence-corrected chi connectivity index (χ1v) is 6.78. The van der Waals surface area contributed by atoms with Crippen LogP contribution < -0.4 is 10.6 Å². The van der Waals surface area contributed by atoms with Crippen molar-refractivity contribution in [2.45, 2.75) is 20.3 Å². The first-order chi connectivity index (χ1) is 9.52. The number of anilines is 2. The van der Waals surface area contributed by atoms with Gasteiger partial charge in [0.1, 0.15) is 5.69 Å². The molecule has 2 heterocycles. The zero-order valence-electron chi connectivity index (χ0n) is 11.9. The molecule has 1 aliphatic rings. The van der Waals surface area contributed by atoms with Gasteiger partial charge in [-0.15, -0.1) is 0 Å². The van der Waals surface area contributed by atoms with Gasteiger partial charge in [-0.1, -0.05) is 6.92 Å². The van der Waals surface area contributed by atoms with Gasteiger partial charge in [-0.25, -0.2) is 4.98 Å². The Labute approximate surface area is 117 Å². The van der Waals surface area contributed by atoms with Crippen LogP contribution in [0.1, 0.15) is 19.0 Å². The summed E-state index contributed by atoms with van der Waals surface area (Å²) in [5.41, 5.74) is 5.90. The lowest BCUT2D eigenvalue weighted by molar-refractivity contribution is -0.385. The fourth-order valence-electron chi connectivity index (χ4n) is 2.51. The maximum atomic E-state index is 11.2. The minimum atomic E-state index is -0.428. The second-order valence-corrected chi connectivity index (χ2v) is 4.93. The molecule has 2 N–H and O–H groups in total. The fraction of sp³-hybridized carbons (Fsp3) is 0.667. The van der Waals surface area contributed by atoms with Crippen LogP contribution in [0.2, 0.25) is 0 Å². The first-order valence-electron chi connectivity index (χ1n) is 6.78. The second kappa shape index (κ2) is 6.00. The number of hydrogen-bond donors (Lipinski definition) is 1. The molecule has 1 saturated heterocycles. The minimum Gasteiger partial charge on any atom is -0.368 e. The normalized spacial score (nSPS) is 16.4. The highest BCUT2D eigenvalue weighted by Crippen LogP contribution is 2.29. The van der Waals surface area contributed by atoms with Crippen LogP contribution in [0.3, 0.4) is 0 Å². The van der Waals surface area contributed by atoms with Crippen molar-refractivity contribution in [3.05, 3.63) is 15.8 Å². The zero-order chi connectivity index (χ0) is 14.7. The molecule has 1 aliphatic heterocycles. The number of nitrogens with zero attached hydrogens (tertiary/aromatic N) is 5. The topological polar surface area (TPSA) is 101 Å². The third kappa shape index (κ3) is 2.96. The number of nitrogens with two attached hydrogens (primary N) is 1. The first kappa shape index (κ1) is 14.4. The molecule has 2 rings (SSSR count). The Morgan fingerprint density at radius 3 is 2.50 bits per heavy atom. The van der Waals surface area contributed by atoms with E-state index in [2.05, 4.69) is 21.8 Å². The standard InChI is InChI=1S/C12H20N6O2/c1-3-4-16-5-7-17(8-6-16)11-10(18(19)20)9(2)14-12(13)15-11/h3-8H2,1-2H3,(H2,13,14,15). The van der Waals surface area contributed by atoms with E-state index in [1.807, 2.05) is 4.90 Å². The number of nitrogen functional groups attached to an aromatic ring is 1. The maximum Gasteiger partial charge on any atom is 0.332 e. The molecule has 1 aromatic heterocycles. The van der Waals surface area contributed by atoms with Crippen LogP contribution in [0.5, 0.6) is 0 Å². The summed E-state index contributed by atoms with van der Waals surface area (Å²) in [4.78, 5) is 23.0. The van der Waals surface area contributed by atoms with Crippen molar-refractivity contribution in [1.82, 2.24) is 14.9 Å². The molecule has 0 amide bonds. The summed E-state index contributed by atoms with van der Waals surface area (Å²) < 4.78 is 0.